The van der Waals surface area contributed by atoms with Gasteiger partial charge in [-0.25, -0.2) is 9.97 Å². The molecule has 0 spiro atoms. The largest absolute Gasteiger partial charge is 0.497 e. The van der Waals surface area contributed by atoms with Gasteiger partial charge in [0, 0.05) is 12.4 Å². The molecule has 0 fully saturated rings. The van der Waals surface area contributed by atoms with E-state index in [1.54, 1.807) is 43.8 Å². The standard InChI is InChI=1S/C15H16N4O3S/c1-22-11-5-2-4-10(8-11)12(9-13(20)21)18-15(23)19-14-16-6-3-7-17-14/h2-8,12H,9H2,1H3,(H,20,21)(H2,16,17,18,19,23)/t12-/m1/s1. The molecule has 0 aliphatic rings. The first-order valence-corrected chi connectivity index (χ1v) is 7.19. The minimum atomic E-state index is -0.941. The van der Waals surface area contributed by atoms with Gasteiger partial charge in [0.05, 0.1) is 19.6 Å². The SMILES string of the molecule is COc1cccc([C@@H](CC(=O)O)NC(=S)Nc2ncccn2)c1. The maximum absolute atomic E-state index is 11.1. The minimum absolute atomic E-state index is 0.134. The van der Waals surface area contributed by atoms with Crippen molar-refractivity contribution in [2.75, 3.05) is 12.4 Å². The van der Waals surface area contributed by atoms with Crippen LogP contribution in [0.1, 0.15) is 18.0 Å². The Labute approximate surface area is 138 Å². The van der Waals surface area contributed by atoms with Crippen molar-refractivity contribution in [2.45, 2.75) is 12.5 Å². The van der Waals surface area contributed by atoms with E-state index in [-0.39, 0.29) is 11.5 Å². The zero-order valence-electron chi connectivity index (χ0n) is 12.4. The van der Waals surface area contributed by atoms with Crippen molar-refractivity contribution >= 4 is 29.2 Å². The number of hydrogen-bond acceptors (Lipinski definition) is 5. The fourth-order valence-corrected chi connectivity index (χ4v) is 2.18. The Morgan fingerprint density at radius 3 is 2.74 bits per heavy atom. The number of hydrogen-bond donors (Lipinski definition) is 3. The number of nitrogens with zero attached hydrogens (tertiary/aromatic N) is 2. The van der Waals surface area contributed by atoms with Gasteiger partial charge in [-0.05, 0) is 36.0 Å². The van der Waals surface area contributed by atoms with Gasteiger partial charge < -0.3 is 20.5 Å². The number of carboxylic acids is 1. The van der Waals surface area contributed by atoms with Crippen LogP contribution in [0, 0.1) is 0 Å². The first-order chi connectivity index (χ1) is 11.1. The van der Waals surface area contributed by atoms with Gasteiger partial charge in [0.1, 0.15) is 5.75 Å². The van der Waals surface area contributed by atoms with Gasteiger partial charge in [0.2, 0.25) is 5.95 Å². The quantitative estimate of drug-likeness (QED) is 0.691. The van der Waals surface area contributed by atoms with E-state index in [1.165, 1.54) is 0 Å². The summed E-state index contributed by atoms with van der Waals surface area (Å²) < 4.78 is 5.17. The van der Waals surface area contributed by atoms with Crippen LogP contribution in [0.5, 0.6) is 5.75 Å². The molecule has 8 heteroatoms. The highest BCUT2D eigenvalue weighted by molar-refractivity contribution is 7.80. The molecule has 0 saturated carbocycles. The number of aliphatic carboxylic acids is 1. The van der Waals surface area contributed by atoms with Crippen LogP contribution in [0.4, 0.5) is 5.95 Å². The molecule has 1 atom stereocenters. The molecule has 23 heavy (non-hydrogen) atoms. The molecule has 0 bridgehead atoms. The van der Waals surface area contributed by atoms with Crippen molar-refractivity contribution in [3.8, 4) is 5.75 Å². The molecule has 0 amide bonds. The maximum Gasteiger partial charge on any atom is 0.305 e. The van der Waals surface area contributed by atoms with Gasteiger partial charge in [0.15, 0.2) is 5.11 Å². The number of carbonyl (C=O) groups is 1. The third kappa shape index (κ3) is 5.19. The smallest absolute Gasteiger partial charge is 0.305 e. The lowest BCUT2D eigenvalue weighted by molar-refractivity contribution is -0.137. The van der Waals surface area contributed by atoms with Crippen LogP contribution >= 0.6 is 12.2 Å². The second-order valence-electron chi connectivity index (χ2n) is 4.60. The van der Waals surface area contributed by atoms with Gasteiger partial charge in [-0.15, -0.1) is 0 Å². The van der Waals surface area contributed by atoms with Crippen molar-refractivity contribution in [1.29, 1.82) is 0 Å². The molecule has 0 radical (unpaired) electrons. The summed E-state index contributed by atoms with van der Waals surface area (Å²) in [5, 5.41) is 15.1. The average Bonchev–Trinajstić information content (AvgIpc) is 2.54. The van der Waals surface area contributed by atoms with E-state index in [1.807, 2.05) is 6.07 Å². The summed E-state index contributed by atoms with van der Waals surface area (Å²) in [7, 11) is 1.55. The Kier molecular flexibility index (Phi) is 5.81. The van der Waals surface area contributed by atoms with Crippen LogP contribution in [0.15, 0.2) is 42.7 Å². The summed E-state index contributed by atoms with van der Waals surface area (Å²) in [6.07, 6.45) is 3.02. The zero-order valence-corrected chi connectivity index (χ0v) is 13.2. The Balaban J connectivity index is 2.11. The first kappa shape index (κ1) is 16.6. The van der Waals surface area contributed by atoms with Crippen LogP contribution in [0.2, 0.25) is 0 Å². The fourth-order valence-electron chi connectivity index (χ4n) is 1.94. The molecule has 3 N–H and O–H groups in total. The molecule has 1 heterocycles. The molecule has 1 aromatic heterocycles. The van der Waals surface area contributed by atoms with E-state index >= 15 is 0 Å². The number of carboxylic acid groups (broad SMARTS) is 1. The monoisotopic (exact) mass is 332 g/mol. The number of benzene rings is 1. The third-order valence-electron chi connectivity index (χ3n) is 2.97. The molecule has 7 nitrogen and oxygen atoms in total. The van der Waals surface area contributed by atoms with E-state index < -0.39 is 12.0 Å². The Bertz CT molecular complexity index is 681. The van der Waals surface area contributed by atoms with E-state index in [0.717, 1.165) is 5.56 Å². The molecule has 2 rings (SSSR count). The average molecular weight is 332 g/mol. The summed E-state index contributed by atoms with van der Waals surface area (Å²) >= 11 is 5.20. The highest BCUT2D eigenvalue weighted by Gasteiger charge is 2.17. The van der Waals surface area contributed by atoms with Crippen molar-refractivity contribution in [3.63, 3.8) is 0 Å². The Hall–Kier alpha value is -2.74. The number of methoxy groups -OCH3 is 1. The van der Waals surface area contributed by atoms with Crippen molar-refractivity contribution in [3.05, 3.63) is 48.3 Å². The number of anilines is 1. The Morgan fingerprint density at radius 2 is 2.09 bits per heavy atom. The molecule has 0 saturated heterocycles. The predicted molar refractivity (Wildman–Crippen MR) is 89.4 cm³/mol. The first-order valence-electron chi connectivity index (χ1n) is 6.79. The second-order valence-corrected chi connectivity index (χ2v) is 5.01. The van der Waals surface area contributed by atoms with Crippen LogP contribution in [0.3, 0.4) is 0 Å². The van der Waals surface area contributed by atoms with Crippen molar-refractivity contribution in [1.82, 2.24) is 15.3 Å². The second kappa shape index (κ2) is 8.04. The molecule has 1 aromatic carbocycles. The summed E-state index contributed by atoms with van der Waals surface area (Å²) in [6, 6.07) is 8.33. The topological polar surface area (TPSA) is 96.4 Å². The molecule has 2 aromatic rings. The maximum atomic E-state index is 11.1. The summed E-state index contributed by atoms with van der Waals surface area (Å²) in [5.41, 5.74) is 0.755. The molecule has 0 aliphatic carbocycles. The number of rotatable bonds is 6. The summed E-state index contributed by atoms with van der Waals surface area (Å²) in [4.78, 5) is 19.1. The molecule has 0 unspecified atom stereocenters. The number of aromatic nitrogens is 2. The van der Waals surface area contributed by atoms with Crippen molar-refractivity contribution in [2.24, 2.45) is 0 Å². The predicted octanol–water partition coefficient (Wildman–Crippen LogP) is 1.99. The number of thiocarbonyl (C=S) groups is 1. The number of ether oxygens (including phenoxy) is 1. The number of nitrogens with one attached hydrogen (secondary N) is 2. The highest BCUT2D eigenvalue weighted by Crippen LogP contribution is 2.22. The third-order valence-corrected chi connectivity index (χ3v) is 3.19. The highest BCUT2D eigenvalue weighted by atomic mass is 32.1. The lowest BCUT2D eigenvalue weighted by Gasteiger charge is -2.20. The lowest BCUT2D eigenvalue weighted by Crippen LogP contribution is -2.34. The van der Waals surface area contributed by atoms with Gasteiger partial charge in [0.25, 0.3) is 0 Å². The van der Waals surface area contributed by atoms with Crippen molar-refractivity contribution < 1.29 is 14.6 Å². The molecule has 0 aliphatic heterocycles. The van der Waals surface area contributed by atoms with E-state index in [0.29, 0.717) is 11.7 Å². The molecule has 120 valence electrons. The van der Waals surface area contributed by atoms with Gasteiger partial charge in [-0.1, -0.05) is 12.1 Å². The van der Waals surface area contributed by atoms with Gasteiger partial charge >= 0.3 is 5.97 Å². The Morgan fingerprint density at radius 1 is 1.35 bits per heavy atom. The molecular formula is C15H16N4O3S. The van der Waals surface area contributed by atoms with Crippen LogP contribution in [-0.4, -0.2) is 33.3 Å². The van der Waals surface area contributed by atoms with Gasteiger partial charge in [-0.3, -0.25) is 4.79 Å². The van der Waals surface area contributed by atoms with Crippen LogP contribution in [-0.2, 0) is 4.79 Å². The minimum Gasteiger partial charge on any atom is -0.497 e. The van der Waals surface area contributed by atoms with Crippen LogP contribution < -0.4 is 15.4 Å². The lowest BCUT2D eigenvalue weighted by atomic mass is 10.0. The fraction of sp³-hybridized carbons (Fsp3) is 0.200. The van der Waals surface area contributed by atoms with E-state index in [2.05, 4.69) is 20.6 Å². The summed E-state index contributed by atoms with van der Waals surface area (Å²) in [6.45, 7) is 0. The summed E-state index contributed by atoms with van der Waals surface area (Å²) in [5.74, 6) is 0.0405. The van der Waals surface area contributed by atoms with E-state index in [9.17, 15) is 4.79 Å². The van der Waals surface area contributed by atoms with E-state index in [4.69, 9.17) is 22.1 Å². The molecular weight excluding hydrogens is 316 g/mol. The van der Waals surface area contributed by atoms with Gasteiger partial charge in [-0.2, -0.15) is 0 Å². The normalized spacial score (nSPS) is 11.3. The zero-order chi connectivity index (χ0) is 16.7. The van der Waals surface area contributed by atoms with Crippen LogP contribution in [0.25, 0.3) is 0 Å².